The molecule has 3 heterocycles. The summed E-state index contributed by atoms with van der Waals surface area (Å²) in [5.41, 5.74) is 0.798. The Hall–Kier alpha value is -2.25. The molecule has 0 aliphatic heterocycles. The minimum absolute atomic E-state index is 0.181. The molecule has 0 unspecified atom stereocenters. The van der Waals surface area contributed by atoms with E-state index in [1.807, 2.05) is 36.4 Å². The third-order valence-electron chi connectivity index (χ3n) is 3.15. The van der Waals surface area contributed by atoms with Crippen molar-refractivity contribution in [1.29, 1.82) is 0 Å². The van der Waals surface area contributed by atoms with Gasteiger partial charge in [0.05, 0.1) is 0 Å². The fourth-order valence-corrected chi connectivity index (χ4v) is 3.23. The van der Waals surface area contributed by atoms with Gasteiger partial charge in [-0.25, -0.2) is 4.98 Å². The summed E-state index contributed by atoms with van der Waals surface area (Å²) in [4.78, 5) is 16.7. The molecule has 4 rings (SSSR count). The Kier molecular flexibility index (Phi) is 3.16. The molecule has 0 saturated heterocycles. The van der Waals surface area contributed by atoms with Gasteiger partial charge >= 0.3 is 0 Å². The van der Waals surface area contributed by atoms with E-state index in [1.54, 1.807) is 6.08 Å². The van der Waals surface area contributed by atoms with Crippen molar-refractivity contribution < 1.29 is 4.42 Å². The van der Waals surface area contributed by atoms with Crippen LogP contribution in [0.2, 0.25) is 0 Å². The van der Waals surface area contributed by atoms with Gasteiger partial charge in [-0.2, -0.15) is 9.61 Å². The molecule has 7 heteroatoms. The summed E-state index contributed by atoms with van der Waals surface area (Å²) in [6.45, 7) is 0. The van der Waals surface area contributed by atoms with Gasteiger partial charge < -0.3 is 4.42 Å². The second kappa shape index (κ2) is 5.19. The Balaban J connectivity index is 1.76. The van der Waals surface area contributed by atoms with Crippen LogP contribution in [0.1, 0.15) is 5.76 Å². The Bertz CT molecular complexity index is 1060. The lowest BCUT2D eigenvalue weighted by atomic mass is 10.2. The Morgan fingerprint density at radius 2 is 2.00 bits per heavy atom. The molecule has 0 amide bonds. The number of aromatic nitrogens is 3. The van der Waals surface area contributed by atoms with Crippen molar-refractivity contribution in [3.8, 4) is 11.3 Å². The number of hydrogen-bond donors (Lipinski definition) is 0. The standard InChI is InChI=1S/C15H8BrN3O2S/c16-10-3-1-9(2-4-10)12-6-5-11(21-12)7-13-14(20)19-15(22-13)17-8-18-19/h1-8H. The second-order valence-electron chi connectivity index (χ2n) is 4.58. The van der Waals surface area contributed by atoms with E-state index in [2.05, 4.69) is 26.0 Å². The number of halogens is 1. The van der Waals surface area contributed by atoms with Crippen LogP contribution in [0.3, 0.4) is 0 Å². The van der Waals surface area contributed by atoms with Gasteiger partial charge in [-0.3, -0.25) is 4.79 Å². The van der Waals surface area contributed by atoms with E-state index in [1.165, 1.54) is 22.2 Å². The van der Waals surface area contributed by atoms with E-state index in [4.69, 9.17) is 4.42 Å². The maximum atomic E-state index is 12.1. The first-order chi connectivity index (χ1) is 10.7. The topological polar surface area (TPSA) is 60.4 Å². The number of hydrogen-bond acceptors (Lipinski definition) is 5. The number of thiazole rings is 1. The second-order valence-corrected chi connectivity index (χ2v) is 6.50. The van der Waals surface area contributed by atoms with Crippen LogP contribution in [-0.4, -0.2) is 14.6 Å². The number of rotatable bonds is 2. The molecule has 0 radical (unpaired) electrons. The lowest BCUT2D eigenvalue weighted by Gasteiger charge is -1.96. The molecule has 4 aromatic rings. The van der Waals surface area contributed by atoms with E-state index in [9.17, 15) is 4.79 Å². The third-order valence-corrected chi connectivity index (χ3v) is 4.65. The average Bonchev–Trinajstić information content (AvgIpc) is 3.21. The molecule has 0 spiro atoms. The molecular weight excluding hydrogens is 366 g/mol. The normalized spacial score (nSPS) is 12.3. The molecule has 0 fully saturated rings. The van der Waals surface area contributed by atoms with Gasteiger partial charge in [-0.15, -0.1) is 0 Å². The van der Waals surface area contributed by atoms with E-state index in [0.717, 1.165) is 15.8 Å². The highest BCUT2D eigenvalue weighted by atomic mass is 79.9. The zero-order valence-electron chi connectivity index (χ0n) is 11.1. The molecule has 22 heavy (non-hydrogen) atoms. The Morgan fingerprint density at radius 3 is 2.77 bits per heavy atom. The third kappa shape index (κ3) is 2.28. The lowest BCUT2D eigenvalue weighted by Crippen LogP contribution is -2.23. The predicted molar refractivity (Wildman–Crippen MR) is 87.8 cm³/mol. The fourth-order valence-electron chi connectivity index (χ4n) is 2.11. The highest BCUT2D eigenvalue weighted by Crippen LogP contribution is 2.24. The minimum atomic E-state index is -0.181. The molecule has 0 aliphatic carbocycles. The van der Waals surface area contributed by atoms with E-state index in [0.29, 0.717) is 15.3 Å². The van der Waals surface area contributed by atoms with Crippen molar-refractivity contribution in [3.63, 3.8) is 0 Å². The van der Waals surface area contributed by atoms with Crippen molar-refractivity contribution in [2.24, 2.45) is 0 Å². The zero-order chi connectivity index (χ0) is 15.1. The molecule has 5 nitrogen and oxygen atoms in total. The van der Waals surface area contributed by atoms with Gasteiger partial charge in [0.1, 0.15) is 22.4 Å². The smallest absolute Gasteiger partial charge is 0.291 e. The lowest BCUT2D eigenvalue weighted by molar-refractivity contribution is 0.571. The molecular formula is C15H8BrN3O2S. The molecule has 3 aromatic heterocycles. The maximum absolute atomic E-state index is 12.1. The monoisotopic (exact) mass is 373 g/mol. The first kappa shape index (κ1) is 13.4. The number of benzene rings is 1. The van der Waals surface area contributed by atoms with Gasteiger partial charge in [0, 0.05) is 16.1 Å². The van der Waals surface area contributed by atoms with Gasteiger partial charge in [-0.1, -0.05) is 39.4 Å². The number of fused-ring (bicyclic) bond motifs is 1. The predicted octanol–water partition coefficient (Wildman–Crippen LogP) is 2.72. The molecule has 0 atom stereocenters. The fraction of sp³-hybridized carbons (Fsp3) is 0. The first-order valence-electron chi connectivity index (χ1n) is 6.41. The van der Waals surface area contributed by atoms with E-state index in [-0.39, 0.29) is 5.56 Å². The van der Waals surface area contributed by atoms with E-state index >= 15 is 0 Å². The number of furan rings is 1. The zero-order valence-corrected chi connectivity index (χ0v) is 13.5. The van der Waals surface area contributed by atoms with Crippen LogP contribution in [0.15, 0.2) is 56.4 Å². The quantitative estimate of drug-likeness (QED) is 0.541. The first-order valence-corrected chi connectivity index (χ1v) is 8.02. The van der Waals surface area contributed by atoms with Crippen molar-refractivity contribution in [2.45, 2.75) is 0 Å². The van der Waals surface area contributed by atoms with Crippen LogP contribution in [0, 0.1) is 0 Å². The minimum Gasteiger partial charge on any atom is -0.457 e. The highest BCUT2D eigenvalue weighted by Gasteiger charge is 2.07. The molecule has 0 bridgehead atoms. The van der Waals surface area contributed by atoms with Gasteiger partial charge in [-0.05, 0) is 24.3 Å². The SMILES string of the molecule is O=c1c(=Cc2ccc(-c3ccc(Br)cc3)o2)sc2ncnn12. The van der Waals surface area contributed by atoms with Crippen molar-refractivity contribution in [3.05, 3.63) is 67.8 Å². The van der Waals surface area contributed by atoms with Crippen LogP contribution >= 0.6 is 27.3 Å². The van der Waals surface area contributed by atoms with Crippen LogP contribution in [-0.2, 0) is 0 Å². The summed E-state index contributed by atoms with van der Waals surface area (Å²) >= 11 is 4.69. The maximum Gasteiger partial charge on any atom is 0.291 e. The molecule has 0 N–H and O–H groups in total. The van der Waals surface area contributed by atoms with Crippen LogP contribution in [0.5, 0.6) is 0 Å². The van der Waals surface area contributed by atoms with Crippen LogP contribution in [0.25, 0.3) is 22.4 Å². The van der Waals surface area contributed by atoms with E-state index < -0.39 is 0 Å². The van der Waals surface area contributed by atoms with Crippen LogP contribution < -0.4 is 10.1 Å². The average molecular weight is 374 g/mol. The summed E-state index contributed by atoms with van der Waals surface area (Å²) in [7, 11) is 0. The molecule has 0 aliphatic rings. The summed E-state index contributed by atoms with van der Waals surface area (Å²) in [5, 5.41) is 3.89. The van der Waals surface area contributed by atoms with Crippen molar-refractivity contribution in [1.82, 2.24) is 14.6 Å². The summed E-state index contributed by atoms with van der Waals surface area (Å²) < 4.78 is 8.64. The summed E-state index contributed by atoms with van der Waals surface area (Å²) in [6, 6.07) is 11.6. The molecule has 0 saturated carbocycles. The Morgan fingerprint density at radius 1 is 1.18 bits per heavy atom. The largest absolute Gasteiger partial charge is 0.457 e. The summed E-state index contributed by atoms with van der Waals surface area (Å²) in [6.07, 6.45) is 3.08. The van der Waals surface area contributed by atoms with Crippen molar-refractivity contribution in [2.75, 3.05) is 0 Å². The summed E-state index contributed by atoms with van der Waals surface area (Å²) in [5.74, 6) is 1.38. The van der Waals surface area contributed by atoms with Crippen molar-refractivity contribution >= 4 is 38.3 Å². The van der Waals surface area contributed by atoms with Gasteiger partial charge in [0.15, 0.2) is 0 Å². The van der Waals surface area contributed by atoms with Gasteiger partial charge in [0.2, 0.25) is 4.96 Å². The van der Waals surface area contributed by atoms with Gasteiger partial charge in [0.25, 0.3) is 5.56 Å². The molecule has 1 aromatic carbocycles. The van der Waals surface area contributed by atoms with Crippen LogP contribution in [0.4, 0.5) is 0 Å². The highest BCUT2D eigenvalue weighted by molar-refractivity contribution is 9.10. The molecule has 108 valence electrons. The number of nitrogens with zero attached hydrogens (tertiary/aromatic N) is 3. The Labute approximate surface area is 136 Å².